The van der Waals surface area contributed by atoms with E-state index in [2.05, 4.69) is 5.32 Å². The van der Waals surface area contributed by atoms with Gasteiger partial charge in [-0.05, 0) is 37.3 Å². The molecular formula is C19H20FN3O2. The Kier molecular flexibility index (Phi) is 4.97. The summed E-state index contributed by atoms with van der Waals surface area (Å²) in [5.74, 6) is -0.639. The molecule has 1 aliphatic rings. The molecule has 2 aromatic rings. The highest BCUT2D eigenvalue weighted by atomic mass is 19.1. The number of hydrogen-bond donors (Lipinski definition) is 1. The van der Waals surface area contributed by atoms with Crippen LogP contribution in [0.3, 0.4) is 0 Å². The fraction of sp³-hybridized carbons (Fsp3) is 0.263. The molecule has 0 saturated carbocycles. The largest absolute Gasteiger partial charge is 0.335 e. The fourth-order valence-corrected chi connectivity index (χ4v) is 2.76. The smallest absolute Gasteiger partial charge is 0.321 e. The second-order valence-electron chi connectivity index (χ2n) is 6.09. The summed E-state index contributed by atoms with van der Waals surface area (Å²) in [6.45, 7) is 3.73. The number of piperazine rings is 1. The molecule has 0 unspecified atom stereocenters. The summed E-state index contributed by atoms with van der Waals surface area (Å²) in [6.07, 6.45) is 0. The van der Waals surface area contributed by atoms with Crippen LogP contribution in [0.25, 0.3) is 0 Å². The highest BCUT2D eigenvalue weighted by Crippen LogP contribution is 2.13. The molecule has 1 fully saturated rings. The van der Waals surface area contributed by atoms with Crippen LogP contribution in [0.2, 0.25) is 0 Å². The van der Waals surface area contributed by atoms with Gasteiger partial charge in [-0.15, -0.1) is 0 Å². The Labute approximate surface area is 146 Å². The van der Waals surface area contributed by atoms with Crippen LogP contribution in [-0.4, -0.2) is 47.9 Å². The Morgan fingerprint density at radius 2 is 1.60 bits per heavy atom. The number of rotatable bonds is 2. The molecule has 1 saturated heterocycles. The van der Waals surface area contributed by atoms with Crippen molar-refractivity contribution in [3.8, 4) is 0 Å². The Balaban J connectivity index is 1.55. The van der Waals surface area contributed by atoms with E-state index in [9.17, 15) is 14.0 Å². The standard InChI is InChI=1S/C19H20FN3O2/c1-14-5-7-17(8-6-14)21-19(25)23-11-9-22(10-12-23)18(24)15-3-2-4-16(20)13-15/h2-8,13H,9-12H2,1H3,(H,21,25). The number of carbonyl (C=O) groups is 2. The number of carbonyl (C=O) groups excluding carboxylic acids is 2. The second kappa shape index (κ2) is 7.34. The van der Waals surface area contributed by atoms with Gasteiger partial charge in [-0.2, -0.15) is 0 Å². The molecule has 3 rings (SSSR count). The van der Waals surface area contributed by atoms with E-state index in [1.165, 1.54) is 18.2 Å². The number of urea groups is 1. The number of nitrogens with zero attached hydrogens (tertiary/aromatic N) is 2. The zero-order chi connectivity index (χ0) is 17.8. The molecule has 1 N–H and O–H groups in total. The average molecular weight is 341 g/mol. The van der Waals surface area contributed by atoms with Gasteiger partial charge in [0.05, 0.1) is 0 Å². The summed E-state index contributed by atoms with van der Waals surface area (Å²) in [5.41, 5.74) is 2.20. The molecule has 0 bridgehead atoms. The maximum Gasteiger partial charge on any atom is 0.321 e. The van der Waals surface area contributed by atoms with Crippen molar-refractivity contribution in [2.24, 2.45) is 0 Å². The molecule has 25 heavy (non-hydrogen) atoms. The van der Waals surface area contributed by atoms with Gasteiger partial charge in [0.1, 0.15) is 5.82 Å². The van der Waals surface area contributed by atoms with E-state index >= 15 is 0 Å². The second-order valence-corrected chi connectivity index (χ2v) is 6.09. The Bertz CT molecular complexity index is 768. The average Bonchev–Trinajstić information content (AvgIpc) is 2.63. The van der Waals surface area contributed by atoms with Crippen LogP contribution in [0.15, 0.2) is 48.5 Å². The maximum atomic E-state index is 13.3. The number of benzene rings is 2. The molecule has 0 radical (unpaired) electrons. The summed E-state index contributed by atoms with van der Waals surface area (Å²) in [6, 6.07) is 13.1. The van der Waals surface area contributed by atoms with Crippen LogP contribution < -0.4 is 5.32 Å². The van der Waals surface area contributed by atoms with E-state index in [-0.39, 0.29) is 11.9 Å². The van der Waals surface area contributed by atoms with Crippen LogP contribution in [-0.2, 0) is 0 Å². The predicted molar refractivity (Wildman–Crippen MR) is 94.1 cm³/mol. The summed E-state index contributed by atoms with van der Waals surface area (Å²) >= 11 is 0. The molecule has 6 heteroatoms. The first-order valence-corrected chi connectivity index (χ1v) is 8.20. The van der Waals surface area contributed by atoms with Gasteiger partial charge >= 0.3 is 6.03 Å². The molecule has 1 aliphatic heterocycles. The lowest BCUT2D eigenvalue weighted by atomic mass is 10.2. The van der Waals surface area contributed by atoms with Crippen molar-refractivity contribution < 1.29 is 14.0 Å². The Morgan fingerprint density at radius 1 is 0.960 bits per heavy atom. The Hall–Kier alpha value is -2.89. The van der Waals surface area contributed by atoms with Crippen LogP contribution in [0.5, 0.6) is 0 Å². The molecule has 0 aromatic heterocycles. The van der Waals surface area contributed by atoms with E-state index in [4.69, 9.17) is 0 Å². The Morgan fingerprint density at radius 3 is 2.24 bits per heavy atom. The first kappa shape index (κ1) is 17.0. The first-order chi connectivity index (χ1) is 12.0. The first-order valence-electron chi connectivity index (χ1n) is 8.20. The van der Waals surface area contributed by atoms with Crippen molar-refractivity contribution >= 4 is 17.6 Å². The van der Waals surface area contributed by atoms with Crippen LogP contribution in [0, 0.1) is 12.7 Å². The number of aryl methyl sites for hydroxylation is 1. The van der Waals surface area contributed by atoms with Gasteiger partial charge in [-0.3, -0.25) is 4.79 Å². The van der Waals surface area contributed by atoms with E-state index in [0.29, 0.717) is 31.7 Å². The minimum Gasteiger partial charge on any atom is -0.335 e. The summed E-state index contributed by atoms with van der Waals surface area (Å²) in [5, 5.41) is 2.86. The highest BCUT2D eigenvalue weighted by molar-refractivity contribution is 5.94. The molecule has 2 aromatic carbocycles. The highest BCUT2D eigenvalue weighted by Gasteiger charge is 2.25. The van der Waals surface area contributed by atoms with Gasteiger partial charge in [0, 0.05) is 37.4 Å². The SMILES string of the molecule is Cc1ccc(NC(=O)N2CCN(C(=O)c3cccc(F)c3)CC2)cc1. The zero-order valence-corrected chi connectivity index (χ0v) is 14.0. The van der Waals surface area contributed by atoms with Gasteiger partial charge in [0.25, 0.3) is 5.91 Å². The van der Waals surface area contributed by atoms with Crippen molar-refractivity contribution in [3.05, 3.63) is 65.5 Å². The third kappa shape index (κ3) is 4.15. The molecular weight excluding hydrogens is 321 g/mol. The molecule has 0 aliphatic carbocycles. The quantitative estimate of drug-likeness (QED) is 0.912. The van der Waals surface area contributed by atoms with E-state index in [1.54, 1.807) is 15.9 Å². The van der Waals surface area contributed by atoms with Gasteiger partial charge in [-0.25, -0.2) is 9.18 Å². The summed E-state index contributed by atoms with van der Waals surface area (Å²) < 4.78 is 13.3. The fourth-order valence-electron chi connectivity index (χ4n) is 2.76. The maximum absolute atomic E-state index is 13.3. The summed E-state index contributed by atoms with van der Waals surface area (Å²) in [4.78, 5) is 28.0. The van der Waals surface area contributed by atoms with E-state index in [1.807, 2.05) is 31.2 Å². The third-order valence-electron chi connectivity index (χ3n) is 4.23. The molecule has 0 atom stereocenters. The van der Waals surface area contributed by atoms with Crippen molar-refractivity contribution in [1.82, 2.24) is 9.80 Å². The normalized spacial score (nSPS) is 14.3. The molecule has 1 heterocycles. The topological polar surface area (TPSA) is 52.7 Å². The molecule has 5 nitrogen and oxygen atoms in total. The molecule has 130 valence electrons. The van der Waals surface area contributed by atoms with Crippen LogP contribution >= 0.6 is 0 Å². The van der Waals surface area contributed by atoms with Crippen molar-refractivity contribution in [1.29, 1.82) is 0 Å². The third-order valence-corrected chi connectivity index (χ3v) is 4.23. The minimum absolute atomic E-state index is 0.179. The minimum atomic E-state index is -0.429. The number of anilines is 1. The van der Waals surface area contributed by atoms with Gasteiger partial charge < -0.3 is 15.1 Å². The van der Waals surface area contributed by atoms with Crippen LogP contribution in [0.4, 0.5) is 14.9 Å². The predicted octanol–water partition coefficient (Wildman–Crippen LogP) is 3.12. The van der Waals surface area contributed by atoms with Crippen molar-refractivity contribution in [2.75, 3.05) is 31.5 Å². The molecule has 3 amide bonds. The van der Waals surface area contributed by atoms with Crippen molar-refractivity contribution in [3.63, 3.8) is 0 Å². The number of halogens is 1. The lowest BCUT2D eigenvalue weighted by Crippen LogP contribution is -2.51. The lowest BCUT2D eigenvalue weighted by molar-refractivity contribution is 0.0671. The van der Waals surface area contributed by atoms with E-state index in [0.717, 1.165) is 11.3 Å². The van der Waals surface area contributed by atoms with Crippen molar-refractivity contribution in [2.45, 2.75) is 6.92 Å². The van der Waals surface area contributed by atoms with Crippen LogP contribution in [0.1, 0.15) is 15.9 Å². The number of nitrogens with one attached hydrogen (secondary N) is 1. The monoisotopic (exact) mass is 341 g/mol. The van der Waals surface area contributed by atoms with Gasteiger partial charge in [0.2, 0.25) is 0 Å². The van der Waals surface area contributed by atoms with E-state index < -0.39 is 5.82 Å². The van der Waals surface area contributed by atoms with Gasteiger partial charge in [0.15, 0.2) is 0 Å². The lowest BCUT2D eigenvalue weighted by Gasteiger charge is -2.34. The van der Waals surface area contributed by atoms with Gasteiger partial charge in [-0.1, -0.05) is 23.8 Å². The molecule has 0 spiro atoms. The number of hydrogen-bond acceptors (Lipinski definition) is 2. The zero-order valence-electron chi connectivity index (χ0n) is 14.0. The number of amides is 3. The summed E-state index contributed by atoms with van der Waals surface area (Å²) in [7, 11) is 0.